The molecule has 1 saturated heterocycles. The Kier molecular flexibility index (Phi) is 4.73. The summed E-state index contributed by atoms with van der Waals surface area (Å²) in [6, 6.07) is 2.26. The molecule has 0 atom stereocenters. The van der Waals surface area contributed by atoms with E-state index in [1.165, 1.54) is 0 Å². The van der Waals surface area contributed by atoms with E-state index in [1.54, 1.807) is 11.9 Å². The molecule has 1 aromatic rings. The quantitative estimate of drug-likeness (QED) is 0.833. The summed E-state index contributed by atoms with van der Waals surface area (Å²) in [6.07, 6.45) is 2.37. The maximum Gasteiger partial charge on any atom is 0.241 e. The van der Waals surface area contributed by atoms with Gasteiger partial charge in [-0.1, -0.05) is 13.8 Å². The van der Waals surface area contributed by atoms with Gasteiger partial charge in [0.05, 0.1) is 12.2 Å². The number of carbonyl (C=O) groups is 1. The highest BCUT2D eigenvalue weighted by atomic mass is 16.2. The third kappa shape index (κ3) is 2.97. The van der Waals surface area contributed by atoms with E-state index in [0.717, 1.165) is 37.1 Å². The molecular formula is C15H21N5O. The van der Waals surface area contributed by atoms with E-state index in [9.17, 15) is 10.1 Å². The Morgan fingerprint density at radius 2 is 2.00 bits per heavy atom. The van der Waals surface area contributed by atoms with Crippen molar-refractivity contribution < 1.29 is 4.79 Å². The Morgan fingerprint density at radius 3 is 2.62 bits per heavy atom. The van der Waals surface area contributed by atoms with Gasteiger partial charge < -0.3 is 9.80 Å². The largest absolute Gasteiger partial charge is 0.345 e. The van der Waals surface area contributed by atoms with Gasteiger partial charge in [-0.2, -0.15) is 10.4 Å². The minimum atomic E-state index is 0.0517. The van der Waals surface area contributed by atoms with Crippen LogP contribution in [0.4, 0.5) is 5.82 Å². The highest BCUT2D eigenvalue weighted by Crippen LogP contribution is 2.24. The van der Waals surface area contributed by atoms with Crippen LogP contribution < -0.4 is 4.90 Å². The highest BCUT2D eigenvalue weighted by molar-refractivity contribution is 5.82. The van der Waals surface area contributed by atoms with Crippen LogP contribution in [0.3, 0.4) is 0 Å². The summed E-state index contributed by atoms with van der Waals surface area (Å²) >= 11 is 0. The van der Waals surface area contributed by atoms with Crippen molar-refractivity contribution in [2.75, 3.05) is 31.6 Å². The summed E-state index contributed by atoms with van der Waals surface area (Å²) in [4.78, 5) is 15.6. The number of rotatable bonds is 3. The normalized spacial score (nSPS) is 15.8. The van der Waals surface area contributed by atoms with E-state index >= 15 is 0 Å². The maximum absolute atomic E-state index is 12.0. The van der Waals surface area contributed by atoms with Crippen LogP contribution in [0.2, 0.25) is 0 Å². The SMILES string of the molecule is CCc1nnc(N2CCCN(C)C(=O)C2)c(C#N)c1CC. The second-order valence-corrected chi connectivity index (χ2v) is 5.23. The third-order valence-corrected chi connectivity index (χ3v) is 3.91. The molecule has 6 heteroatoms. The first-order valence-electron chi connectivity index (χ1n) is 7.39. The Bertz CT molecular complexity index is 578. The van der Waals surface area contributed by atoms with E-state index < -0.39 is 0 Å². The topological polar surface area (TPSA) is 73.1 Å². The number of aryl methyl sites for hydroxylation is 1. The van der Waals surface area contributed by atoms with Gasteiger partial charge in [-0.25, -0.2) is 0 Å². The summed E-state index contributed by atoms with van der Waals surface area (Å²) in [5, 5.41) is 18.0. The Labute approximate surface area is 125 Å². The van der Waals surface area contributed by atoms with Gasteiger partial charge in [0.15, 0.2) is 5.82 Å². The molecular weight excluding hydrogens is 266 g/mol. The van der Waals surface area contributed by atoms with Crippen LogP contribution in [0.5, 0.6) is 0 Å². The lowest BCUT2D eigenvalue weighted by Gasteiger charge is -2.22. The minimum absolute atomic E-state index is 0.0517. The average Bonchev–Trinajstić information content (AvgIpc) is 2.67. The van der Waals surface area contributed by atoms with Gasteiger partial charge in [0.1, 0.15) is 11.6 Å². The molecule has 2 rings (SSSR count). The molecule has 1 aliphatic rings. The second-order valence-electron chi connectivity index (χ2n) is 5.23. The predicted octanol–water partition coefficient (Wildman–Crippen LogP) is 1.14. The van der Waals surface area contributed by atoms with E-state index in [-0.39, 0.29) is 12.5 Å². The van der Waals surface area contributed by atoms with Crippen molar-refractivity contribution in [3.63, 3.8) is 0 Å². The molecule has 2 heterocycles. The van der Waals surface area contributed by atoms with Gasteiger partial charge >= 0.3 is 0 Å². The minimum Gasteiger partial charge on any atom is -0.345 e. The monoisotopic (exact) mass is 287 g/mol. The molecule has 1 aromatic heterocycles. The van der Waals surface area contributed by atoms with Crippen molar-refractivity contribution in [3.8, 4) is 6.07 Å². The van der Waals surface area contributed by atoms with Gasteiger partial charge in [0.2, 0.25) is 5.91 Å². The molecule has 112 valence electrons. The number of anilines is 1. The molecule has 1 fully saturated rings. The van der Waals surface area contributed by atoms with E-state index in [1.807, 2.05) is 18.7 Å². The Hall–Kier alpha value is -2.16. The molecule has 1 amide bonds. The smallest absolute Gasteiger partial charge is 0.241 e. The number of hydrogen-bond acceptors (Lipinski definition) is 5. The van der Waals surface area contributed by atoms with Crippen molar-refractivity contribution in [2.45, 2.75) is 33.1 Å². The predicted molar refractivity (Wildman–Crippen MR) is 80.0 cm³/mol. The number of aromatic nitrogens is 2. The molecule has 0 aliphatic carbocycles. The third-order valence-electron chi connectivity index (χ3n) is 3.91. The fourth-order valence-corrected chi connectivity index (χ4v) is 2.67. The van der Waals surface area contributed by atoms with Crippen LogP contribution in [0.15, 0.2) is 0 Å². The lowest BCUT2D eigenvalue weighted by Crippen LogP contribution is -2.35. The lowest BCUT2D eigenvalue weighted by molar-refractivity contribution is -0.127. The maximum atomic E-state index is 12.0. The molecule has 0 N–H and O–H groups in total. The fraction of sp³-hybridized carbons (Fsp3) is 0.600. The standard InChI is InChI=1S/C15H21N5O/c1-4-11-12(9-16)15(18-17-13(11)5-2)20-8-6-7-19(3)14(21)10-20/h4-8,10H2,1-3H3. The van der Waals surface area contributed by atoms with Crippen LogP contribution in [-0.2, 0) is 17.6 Å². The van der Waals surface area contributed by atoms with Gasteiger partial charge in [0, 0.05) is 20.1 Å². The zero-order valence-corrected chi connectivity index (χ0v) is 12.9. The summed E-state index contributed by atoms with van der Waals surface area (Å²) in [5.74, 6) is 0.603. The van der Waals surface area contributed by atoms with E-state index in [4.69, 9.17) is 0 Å². The number of hydrogen-bond donors (Lipinski definition) is 0. The van der Waals surface area contributed by atoms with Crippen LogP contribution in [0.1, 0.15) is 37.1 Å². The number of nitrogens with zero attached hydrogens (tertiary/aromatic N) is 5. The summed E-state index contributed by atoms with van der Waals surface area (Å²) < 4.78 is 0. The number of carbonyl (C=O) groups excluding carboxylic acids is 1. The molecule has 0 aromatic carbocycles. The molecule has 0 unspecified atom stereocenters. The van der Waals surface area contributed by atoms with E-state index in [0.29, 0.717) is 17.9 Å². The summed E-state index contributed by atoms with van der Waals surface area (Å²) in [5.41, 5.74) is 2.40. The Morgan fingerprint density at radius 1 is 1.24 bits per heavy atom. The molecule has 0 spiro atoms. The van der Waals surface area contributed by atoms with Gasteiger partial charge in [-0.05, 0) is 24.8 Å². The van der Waals surface area contributed by atoms with Crippen molar-refractivity contribution in [1.29, 1.82) is 5.26 Å². The van der Waals surface area contributed by atoms with Gasteiger partial charge in [-0.15, -0.1) is 5.10 Å². The summed E-state index contributed by atoms with van der Waals surface area (Å²) in [6.45, 7) is 5.73. The molecule has 21 heavy (non-hydrogen) atoms. The first kappa shape index (κ1) is 15.2. The van der Waals surface area contributed by atoms with Crippen molar-refractivity contribution in [3.05, 3.63) is 16.8 Å². The zero-order chi connectivity index (χ0) is 15.4. The van der Waals surface area contributed by atoms with Gasteiger partial charge in [0.25, 0.3) is 0 Å². The first-order chi connectivity index (χ1) is 10.1. The number of nitriles is 1. The van der Waals surface area contributed by atoms with Crippen molar-refractivity contribution in [2.24, 2.45) is 0 Å². The van der Waals surface area contributed by atoms with Crippen molar-refractivity contribution >= 4 is 11.7 Å². The summed E-state index contributed by atoms with van der Waals surface area (Å²) in [7, 11) is 1.81. The number of amides is 1. The lowest BCUT2D eigenvalue weighted by atomic mass is 10.0. The van der Waals surface area contributed by atoms with Crippen LogP contribution in [0, 0.1) is 11.3 Å². The molecule has 6 nitrogen and oxygen atoms in total. The van der Waals surface area contributed by atoms with Crippen molar-refractivity contribution in [1.82, 2.24) is 15.1 Å². The first-order valence-corrected chi connectivity index (χ1v) is 7.39. The van der Waals surface area contributed by atoms with Crippen LogP contribution in [-0.4, -0.2) is 47.7 Å². The molecule has 0 saturated carbocycles. The van der Waals surface area contributed by atoms with E-state index in [2.05, 4.69) is 16.3 Å². The average molecular weight is 287 g/mol. The number of likely N-dealkylation sites (N-methyl/N-ethyl adjacent to an activating group) is 1. The molecule has 0 bridgehead atoms. The van der Waals surface area contributed by atoms with Gasteiger partial charge in [-0.3, -0.25) is 4.79 Å². The zero-order valence-electron chi connectivity index (χ0n) is 12.9. The highest BCUT2D eigenvalue weighted by Gasteiger charge is 2.24. The van der Waals surface area contributed by atoms with Crippen LogP contribution >= 0.6 is 0 Å². The molecule has 1 aliphatic heterocycles. The van der Waals surface area contributed by atoms with Crippen LogP contribution in [0.25, 0.3) is 0 Å². The Balaban J connectivity index is 2.44. The molecule has 0 radical (unpaired) electrons. The fourth-order valence-electron chi connectivity index (χ4n) is 2.67. The second kappa shape index (κ2) is 6.53.